The maximum atomic E-state index is 12.1. The number of ether oxygens (including phenoxy) is 3. The molecular formula is C16H20N2O5S2. The van der Waals surface area contributed by atoms with Crippen LogP contribution < -0.4 is 14.4 Å². The molecule has 4 rings (SSSR count). The Morgan fingerprint density at radius 3 is 2.88 bits per heavy atom. The standard InChI is InChI=1S/C16H20N2O5S2/c1-21-6-7-24-16-17-12-9-25(19,20)10-13(12)18(16)11-2-3-14-15(8-11)23-5-4-22-14/h2-3,8,12-13H,4-7,9-10H2,1H3/t12-,13-/m1/s1. The Morgan fingerprint density at radius 1 is 1.28 bits per heavy atom. The van der Waals surface area contributed by atoms with Crippen molar-refractivity contribution in [1.29, 1.82) is 0 Å². The quantitative estimate of drug-likeness (QED) is 0.722. The Hall–Kier alpha value is -1.45. The highest BCUT2D eigenvalue weighted by Gasteiger charge is 2.47. The van der Waals surface area contributed by atoms with Gasteiger partial charge in [-0.25, -0.2) is 8.42 Å². The van der Waals surface area contributed by atoms with Gasteiger partial charge < -0.3 is 19.1 Å². The summed E-state index contributed by atoms with van der Waals surface area (Å²) in [7, 11) is -1.39. The van der Waals surface area contributed by atoms with E-state index in [1.54, 1.807) is 18.9 Å². The van der Waals surface area contributed by atoms with Crippen LogP contribution in [0.2, 0.25) is 0 Å². The number of methoxy groups -OCH3 is 1. The molecule has 0 unspecified atom stereocenters. The minimum Gasteiger partial charge on any atom is -0.486 e. The van der Waals surface area contributed by atoms with Crippen molar-refractivity contribution in [1.82, 2.24) is 0 Å². The molecule has 1 aromatic rings. The van der Waals surface area contributed by atoms with Crippen LogP contribution in [0.25, 0.3) is 0 Å². The molecule has 0 aromatic heterocycles. The number of thioether (sulfide) groups is 1. The van der Waals surface area contributed by atoms with Crippen LogP contribution in [0.15, 0.2) is 23.2 Å². The normalized spacial score (nSPS) is 26.4. The van der Waals surface area contributed by atoms with Gasteiger partial charge in [-0.2, -0.15) is 0 Å². The van der Waals surface area contributed by atoms with Gasteiger partial charge in [0.25, 0.3) is 0 Å². The Bertz CT molecular complexity index is 796. The number of benzene rings is 1. The summed E-state index contributed by atoms with van der Waals surface area (Å²) in [6.45, 7) is 1.67. The highest BCUT2D eigenvalue weighted by Crippen LogP contribution is 2.39. The van der Waals surface area contributed by atoms with E-state index in [2.05, 4.69) is 4.99 Å². The number of nitrogens with zero attached hydrogens (tertiary/aromatic N) is 2. The monoisotopic (exact) mass is 384 g/mol. The molecule has 7 nitrogen and oxygen atoms in total. The second-order valence-corrected chi connectivity index (χ2v) is 9.38. The topological polar surface area (TPSA) is 77.4 Å². The molecule has 0 amide bonds. The molecule has 3 heterocycles. The maximum absolute atomic E-state index is 12.1. The van der Waals surface area contributed by atoms with Crippen molar-refractivity contribution in [2.75, 3.05) is 49.1 Å². The number of aliphatic imine (C=N–C) groups is 1. The molecule has 0 bridgehead atoms. The molecule has 0 radical (unpaired) electrons. The summed E-state index contributed by atoms with van der Waals surface area (Å²) in [6.07, 6.45) is 0. The minimum atomic E-state index is -3.05. The third-order valence-corrected chi connectivity index (χ3v) is 7.06. The van der Waals surface area contributed by atoms with Crippen LogP contribution in [0.4, 0.5) is 5.69 Å². The second kappa shape index (κ2) is 6.69. The Morgan fingerprint density at radius 2 is 2.08 bits per heavy atom. The zero-order valence-corrected chi connectivity index (χ0v) is 15.5. The van der Waals surface area contributed by atoms with E-state index in [1.165, 1.54) is 0 Å². The van der Waals surface area contributed by atoms with Crippen LogP contribution in [0.3, 0.4) is 0 Å². The molecule has 2 atom stereocenters. The van der Waals surface area contributed by atoms with Gasteiger partial charge in [0.1, 0.15) is 13.2 Å². The van der Waals surface area contributed by atoms with Crippen LogP contribution in [0.5, 0.6) is 11.5 Å². The molecule has 0 aliphatic carbocycles. The lowest BCUT2D eigenvalue weighted by Crippen LogP contribution is -2.39. The van der Waals surface area contributed by atoms with Crippen molar-refractivity contribution >= 4 is 32.5 Å². The summed E-state index contributed by atoms with van der Waals surface area (Å²) in [4.78, 5) is 6.72. The summed E-state index contributed by atoms with van der Waals surface area (Å²) in [5.74, 6) is 2.42. The fourth-order valence-corrected chi connectivity index (χ4v) is 6.20. The third kappa shape index (κ3) is 3.32. The van der Waals surface area contributed by atoms with Gasteiger partial charge in [0, 0.05) is 24.6 Å². The van der Waals surface area contributed by atoms with Gasteiger partial charge in [-0.15, -0.1) is 0 Å². The van der Waals surface area contributed by atoms with Gasteiger partial charge in [-0.05, 0) is 12.1 Å². The van der Waals surface area contributed by atoms with E-state index in [1.807, 2.05) is 23.1 Å². The van der Waals surface area contributed by atoms with Crippen molar-refractivity contribution in [3.05, 3.63) is 18.2 Å². The van der Waals surface area contributed by atoms with Crippen LogP contribution in [0.1, 0.15) is 0 Å². The second-order valence-electron chi connectivity index (χ2n) is 6.16. The number of rotatable bonds is 4. The van der Waals surface area contributed by atoms with Crippen LogP contribution in [-0.4, -0.2) is 69.9 Å². The van der Waals surface area contributed by atoms with Crippen molar-refractivity contribution in [2.24, 2.45) is 4.99 Å². The predicted molar refractivity (Wildman–Crippen MR) is 97.9 cm³/mol. The molecule has 0 N–H and O–H groups in total. The molecule has 1 aromatic carbocycles. The number of hydrogen-bond donors (Lipinski definition) is 0. The average molecular weight is 384 g/mol. The van der Waals surface area contributed by atoms with E-state index in [0.717, 1.165) is 22.4 Å². The van der Waals surface area contributed by atoms with Crippen LogP contribution >= 0.6 is 11.8 Å². The highest BCUT2D eigenvalue weighted by molar-refractivity contribution is 8.14. The minimum absolute atomic E-state index is 0.118. The SMILES string of the molecule is COCCSC1=N[C@@H]2CS(=O)(=O)C[C@H]2N1c1ccc2c(c1)OCCO2. The maximum Gasteiger partial charge on any atom is 0.164 e. The summed E-state index contributed by atoms with van der Waals surface area (Å²) in [5, 5.41) is 0.846. The van der Waals surface area contributed by atoms with Gasteiger partial charge in [-0.1, -0.05) is 11.8 Å². The van der Waals surface area contributed by atoms with E-state index in [4.69, 9.17) is 14.2 Å². The molecule has 9 heteroatoms. The molecular weight excluding hydrogens is 364 g/mol. The lowest BCUT2D eigenvalue weighted by atomic mass is 10.1. The first-order valence-corrected chi connectivity index (χ1v) is 11.0. The zero-order valence-electron chi connectivity index (χ0n) is 13.9. The first-order chi connectivity index (χ1) is 12.1. The molecule has 136 valence electrons. The number of hydrogen-bond acceptors (Lipinski definition) is 8. The molecule has 3 aliphatic heterocycles. The Balaban J connectivity index is 1.65. The molecule has 0 saturated carbocycles. The smallest absolute Gasteiger partial charge is 0.164 e. The van der Waals surface area contributed by atoms with Crippen LogP contribution in [0, 0.1) is 0 Å². The van der Waals surface area contributed by atoms with Crippen LogP contribution in [-0.2, 0) is 14.6 Å². The zero-order chi connectivity index (χ0) is 17.4. The highest BCUT2D eigenvalue weighted by atomic mass is 32.2. The lowest BCUT2D eigenvalue weighted by Gasteiger charge is -2.28. The third-order valence-electron chi connectivity index (χ3n) is 4.43. The van der Waals surface area contributed by atoms with Crippen molar-refractivity contribution in [3.8, 4) is 11.5 Å². The number of amidine groups is 1. The van der Waals surface area contributed by atoms with Crippen molar-refractivity contribution in [2.45, 2.75) is 12.1 Å². The largest absolute Gasteiger partial charge is 0.486 e. The fourth-order valence-electron chi connectivity index (χ4n) is 3.33. The average Bonchev–Trinajstić information content (AvgIpc) is 3.05. The van der Waals surface area contributed by atoms with Crippen molar-refractivity contribution < 1.29 is 22.6 Å². The lowest BCUT2D eigenvalue weighted by molar-refractivity contribution is 0.171. The molecule has 3 aliphatic rings. The van der Waals surface area contributed by atoms with Gasteiger partial charge >= 0.3 is 0 Å². The first-order valence-electron chi connectivity index (χ1n) is 8.16. The van der Waals surface area contributed by atoms with Gasteiger partial charge in [0.05, 0.1) is 30.2 Å². The fraction of sp³-hybridized carbons (Fsp3) is 0.562. The molecule has 25 heavy (non-hydrogen) atoms. The van der Waals surface area contributed by atoms with Gasteiger partial charge in [-0.3, -0.25) is 4.99 Å². The number of fused-ring (bicyclic) bond motifs is 2. The summed E-state index contributed by atoms with van der Waals surface area (Å²) < 4.78 is 40.5. The number of anilines is 1. The Kier molecular flexibility index (Phi) is 4.55. The van der Waals surface area contributed by atoms with Gasteiger partial charge in [0.15, 0.2) is 26.5 Å². The predicted octanol–water partition coefficient (Wildman–Crippen LogP) is 1.18. The molecule has 0 spiro atoms. The molecule has 1 saturated heterocycles. The van der Waals surface area contributed by atoms with Crippen molar-refractivity contribution in [3.63, 3.8) is 0 Å². The summed E-state index contributed by atoms with van der Waals surface area (Å²) >= 11 is 1.59. The number of sulfone groups is 1. The summed E-state index contributed by atoms with van der Waals surface area (Å²) in [6, 6.07) is 5.36. The molecule has 1 fully saturated rings. The van der Waals surface area contributed by atoms with E-state index in [0.29, 0.717) is 25.6 Å². The first kappa shape index (κ1) is 17.0. The summed E-state index contributed by atoms with van der Waals surface area (Å²) in [5.41, 5.74) is 0.887. The Labute approximate surface area is 151 Å². The van der Waals surface area contributed by atoms with E-state index < -0.39 is 9.84 Å². The van der Waals surface area contributed by atoms with E-state index in [9.17, 15) is 8.42 Å². The van der Waals surface area contributed by atoms with E-state index >= 15 is 0 Å². The van der Waals surface area contributed by atoms with Gasteiger partial charge in [0.2, 0.25) is 0 Å². The van der Waals surface area contributed by atoms with E-state index in [-0.39, 0.29) is 23.6 Å².